The van der Waals surface area contributed by atoms with Gasteiger partial charge in [-0.1, -0.05) is 42.5 Å². The largest absolute Gasteiger partial charge is 0.573 e. The van der Waals surface area contributed by atoms with Gasteiger partial charge in [-0.15, -0.1) is 37.1 Å². The van der Waals surface area contributed by atoms with E-state index in [1.165, 1.54) is 29.8 Å². The molecule has 0 saturated carbocycles. The first-order chi connectivity index (χ1) is 14.4. The van der Waals surface area contributed by atoms with E-state index in [9.17, 15) is 13.2 Å². The molecule has 0 aliphatic heterocycles. The van der Waals surface area contributed by atoms with Gasteiger partial charge in [0.05, 0.1) is 13.1 Å². The maximum absolute atomic E-state index is 12.2. The zero-order chi connectivity index (χ0) is 21.4. The molecule has 0 amide bonds. The first-order valence-electron chi connectivity index (χ1n) is 9.31. The minimum atomic E-state index is -4.71. The number of aryl methyl sites for hydroxylation is 2. The molecule has 166 valence electrons. The second-order valence-electron chi connectivity index (χ2n) is 6.52. The lowest BCUT2D eigenvalue weighted by Gasteiger charge is -2.10. The Morgan fingerprint density at radius 2 is 1.77 bits per heavy atom. The lowest BCUT2D eigenvalue weighted by molar-refractivity contribution is -0.274. The van der Waals surface area contributed by atoms with Gasteiger partial charge in [-0.2, -0.15) is 0 Å². The predicted octanol–water partition coefficient (Wildman–Crippen LogP) is 4.25. The lowest BCUT2D eigenvalue weighted by atomic mass is 10.1. The van der Waals surface area contributed by atoms with Crippen LogP contribution in [-0.2, 0) is 26.1 Å². The number of alkyl halides is 3. The molecule has 0 atom stereocenters. The van der Waals surface area contributed by atoms with Crippen molar-refractivity contribution in [1.29, 1.82) is 0 Å². The normalized spacial score (nSPS) is 11.6. The van der Waals surface area contributed by atoms with Crippen molar-refractivity contribution in [3.05, 3.63) is 83.9 Å². The van der Waals surface area contributed by atoms with Crippen molar-refractivity contribution in [1.82, 2.24) is 14.9 Å². The smallest absolute Gasteiger partial charge is 0.406 e. The monoisotopic (exact) mass is 545 g/mol. The van der Waals surface area contributed by atoms with Crippen LogP contribution in [0.2, 0.25) is 0 Å². The molecule has 0 saturated heterocycles. The second-order valence-corrected chi connectivity index (χ2v) is 6.52. The van der Waals surface area contributed by atoms with Gasteiger partial charge >= 0.3 is 6.36 Å². The summed E-state index contributed by atoms with van der Waals surface area (Å²) in [5, 5.41) is 3.01. The third-order valence-corrected chi connectivity index (χ3v) is 4.30. The zero-order valence-corrected chi connectivity index (χ0v) is 18.9. The summed E-state index contributed by atoms with van der Waals surface area (Å²) < 4.78 is 42.4. The number of ether oxygens (including phenoxy) is 1. The van der Waals surface area contributed by atoms with Gasteiger partial charge in [-0.05, 0) is 29.7 Å². The number of rotatable bonds is 8. The van der Waals surface area contributed by atoms with Gasteiger partial charge in [0.25, 0.3) is 0 Å². The van der Waals surface area contributed by atoms with Crippen molar-refractivity contribution in [2.45, 2.75) is 32.4 Å². The van der Waals surface area contributed by atoms with Crippen molar-refractivity contribution >= 4 is 29.9 Å². The molecule has 3 N–H and O–H groups in total. The van der Waals surface area contributed by atoms with Crippen molar-refractivity contribution in [2.24, 2.45) is 10.7 Å². The number of halogens is 4. The van der Waals surface area contributed by atoms with E-state index in [0.717, 1.165) is 18.8 Å². The molecular formula is C21H23F3IN5O. The molecule has 1 heterocycles. The highest BCUT2D eigenvalue weighted by atomic mass is 127. The zero-order valence-electron chi connectivity index (χ0n) is 16.5. The number of aliphatic imine (C=N–C) groups is 1. The van der Waals surface area contributed by atoms with E-state index < -0.39 is 6.36 Å². The molecule has 0 bridgehead atoms. The van der Waals surface area contributed by atoms with Crippen LogP contribution < -0.4 is 15.8 Å². The number of hydrogen-bond donors (Lipinski definition) is 2. The molecule has 0 spiro atoms. The first kappa shape index (κ1) is 24.5. The molecule has 3 aromatic rings. The predicted molar refractivity (Wildman–Crippen MR) is 123 cm³/mol. The number of benzene rings is 2. The van der Waals surface area contributed by atoms with E-state index in [-0.39, 0.29) is 42.2 Å². The molecule has 31 heavy (non-hydrogen) atoms. The van der Waals surface area contributed by atoms with Gasteiger partial charge in [0.1, 0.15) is 11.6 Å². The van der Waals surface area contributed by atoms with Crippen LogP contribution in [-0.4, -0.2) is 21.9 Å². The first-order valence-corrected chi connectivity index (χ1v) is 9.31. The van der Waals surface area contributed by atoms with E-state index in [1.807, 2.05) is 29.0 Å². The Bertz CT molecular complexity index is 959. The van der Waals surface area contributed by atoms with Crippen molar-refractivity contribution in [2.75, 3.05) is 0 Å². The third-order valence-electron chi connectivity index (χ3n) is 4.30. The summed E-state index contributed by atoms with van der Waals surface area (Å²) in [6, 6.07) is 15.7. The molecular weight excluding hydrogens is 522 g/mol. The highest BCUT2D eigenvalue weighted by Crippen LogP contribution is 2.22. The molecule has 0 fully saturated rings. The summed E-state index contributed by atoms with van der Waals surface area (Å²) in [4.78, 5) is 8.55. The number of nitrogens with two attached hydrogens (primary N) is 1. The highest BCUT2D eigenvalue weighted by Gasteiger charge is 2.30. The van der Waals surface area contributed by atoms with Gasteiger partial charge in [-0.25, -0.2) is 9.98 Å². The summed E-state index contributed by atoms with van der Waals surface area (Å²) in [5.41, 5.74) is 7.85. The van der Waals surface area contributed by atoms with Gasteiger partial charge in [0.2, 0.25) is 0 Å². The van der Waals surface area contributed by atoms with Gasteiger partial charge in [0, 0.05) is 18.9 Å². The topological polar surface area (TPSA) is 77.5 Å². The molecule has 3 rings (SSSR count). The fraction of sp³-hybridized carbons (Fsp3) is 0.238. The van der Waals surface area contributed by atoms with Crippen LogP contribution >= 0.6 is 24.0 Å². The molecule has 0 aliphatic rings. The fourth-order valence-electron chi connectivity index (χ4n) is 2.80. The van der Waals surface area contributed by atoms with Crippen LogP contribution in [0.1, 0.15) is 17.0 Å². The summed E-state index contributed by atoms with van der Waals surface area (Å²) in [6.45, 7) is 1.44. The highest BCUT2D eigenvalue weighted by molar-refractivity contribution is 14.0. The van der Waals surface area contributed by atoms with Crippen molar-refractivity contribution < 1.29 is 17.9 Å². The maximum Gasteiger partial charge on any atom is 0.573 e. The summed E-state index contributed by atoms with van der Waals surface area (Å²) in [5.74, 6) is 0.782. The summed E-state index contributed by atoms with van der Waals surface area (Å²) >= 11 is 0. The van der Waals surface area contributed by atoms with Crippen LogP contribution in [0.25, 0.3) is 0 Å². The Balaban J connectivity index is 0.00000341. The Hall–Kier alpha value is -2.76. The third kappa shape index (κ3) is 8.48. The van der Waals surface area contributed by atoms with Crippen LogP contribution in [0.4, 0.5) is 13.2 Å². The Kier molecular flexibility index (Phi) is 9.16. The Labute approximate surface area is 195 Å². The van der Waals surface area contributed by atoms with E-state index in [0.29, 0.717) is 12.1 Å². The molecule has 10 heteroatoms. The van der Waals surface area contributed by atoms with Crippen LogP contribution in [0, 0.1) is 0 Å². The van der Waals surface area contributed by atoms with Gasteiger partial charge < -0.3 is 20.4 Å². The fourth-order valence-corrected chi connectivity index (χ4v) is 2.80. The number of guanidine groups is 1. The minimum absolute atomic E-state index is 0. The number of imidazole rings is 1. The molecule has 0 radical (unpaired) electrons. The van der Waals surface area contributed by atoms with E-state index >= 15 is 0 Å². The van der Waals surface area contributed by atoms with Crippen LogP contribution in [0.3, 0.4) is 0 Å². The Morgan fingerprint density at radius 3 is 2.45 bits per heavy atom. The maximum atomic E-state index is 12.2. The molecule has 1 aromatic heterocycles. The van der Waals surface area contributed by atoms with Gasteiger partial charge in [-0.3, -0.25) is 0 Å². The average Bonchev–Trinajstić information content (AvgIpc) is 3.17. The van der Waals surface area contributed by atoms with E-state index in [2.05, 4.69) is 32.2 Å². The quantitative estimate of drug-likeness (QED) is 0.252. The van der Waals surface area contributed by atoms with Crippen LogP contribution in [0.15, 0.2) is 72.0 Å². The molecule has 2 aromatic carbocycles. The summed E-state index contributed by atoms with van der Waals surface area (Å²) in [7, 11) is 0. The number of hydrogen-bond acceptors (Lipinski definition) is 3. The van der Waals surface area contributed by atoms with Crippen molar-refractivity contribution in [3.63, 3.8) is 0 Å². The van der Waals surface area contributed by atoms with E-state index in [4.69, 9.17) is 5.73 Å². The van der Waals surface area contributed by atoms with E-state index in [1.54, 1.807) is 6.20 Å². The van der Waals surface area contributed by atoms with Gasteiger partial charge in [0.15, 0.2) is 5.96 Å². The molecule has 6 nitrogen and oxygen atoms in total. The Morgan fingerprint density at radius 1 is 1.06 bits per heavy atom. The SMILES string of the molecule is I.NC(=NCc1ccc(OC(F)(F)F)cc1)NCc1nccn1CCc1ccccc1. The summed E-state index contributed by atoms with van der Waals surface area (Å²) in [6.07, 6.45) is -0.166. The lowest BCUT2D eigenvalue weighted by Crippen LogP contribution is -2.32. The van der Waals surface area contributed by atoms with Crippen molar-refractivity contribution in [3.8, 4) is 5.75 Å². The minimum Gasteiger partial charge on any atom is -0.406 e. The average molecular weight is 545 g/mol. The number of nitrogens with zero attached hydrogens (tertiary/aromatic N) is 3. The second kappa shape index (κ2) is 11.6. The van der Waals surface area contributed by atoms with Crippen LogP contribution in [0.5, 0.6) is 5.75 Å². The number of aromatic nitrogens is 2. The standard InChI is InChI=1S/C21H22F3N5O.HI/c22-21(23,24)30-18-8-6-17(7-9-18)14-27-20(25)28-15-19-26-11-13-29(19)12-10-16-4-2-1-3-5-16;/h1-9,11,13H,10,12,14-15H2,(H3,25,27,28);1H. The molecule has 0 unspecified atom stereocenters. The number of nitrogens with one attached hydrogen (secondary N) is 1. The molecule has 0 aliphatic carbocycles.